The van der Waals surface area contributed by atoms with Gasteiger partial charge in [0.2, 0.25) is 0 Å². The van der Waals surface area contributed by atoms with Crippen molar-refractivity contribution in [2.75, 3.05) is 12.4 Å². The van der Waals surface area contributed by atoms with Gasteiger partial charge in [-0.05, 0) is 18.6 Å². The zero-order valence-electron chi connectivity index (χ0n) is 8.13. The highest BCUT2D eigenvalue weighted by molar-refractivity contribution is 7.99. The number of amidine groups is 1. The van der Waals surface area contributed by atoms with Crippen LogP contribution in [0.15, 0.2) is 28.4 Å². The molecule has 0 aliphatic carbocycles. The van der Waals surface area contributed by atoms with Crippen LogP contribution in [0, 0.1) is 0 Å². The number of oxime groups is 1. The first-order valence-electron chi connectivity index (χ1n) is 4.45. The maximum Gasteiger partial charge on any atom is 0.188 e. The minimum Gasteiger partial charge on any atom is -0.409 e. The van der Waals surface area contributed by atoms with Crippen LogP contribution in [0.1, 0.15) is 12.1 Å². The van der Waals surface area contributed by atoms with Crippen LogP contribution >= 0.6 is 11.8 Å². The summed E-state index contributed by atoms with van der Waals surface area (Å²) in [7, 11) is 0. The summed E-state index contributed by atoms with van der Waals surface area (Å²) in [5, 5.41) is 20.0. The number of nitrogens with zero attached hydrogens (tertiary/aromatic N) is 2. The minimum atomic E-state index is -0.000363. The van der Waals surface area contributed by atoms with E-state index in [1.54, 1.807) is 24.0 Å². The second-order valence-corrected chi connectivity index (χ2v) is 3.96. The summed E-state index contributed by atoms with van der Waals surface area (Å²) in [6.07, 6.45) is 2.35. The molecule has 1 aromatic heterocycles. The zero-order valence-corrected chi connectivity index (χ0v) is 8.94. The summed E-state index contributed by atoms with van der Waals surface area (Å²) in [5.41, 5.74) is 5.86. The Labute approximate surface area is 92.0 Å². The monoisotopic (exact) mass is 227 g/mol. The first-order chi connectivity index (χ1) is 7.27. The van der Waals surface area contributed by atoms with Crippen LogP contribution in [-0.4, -0.2) is 33.5 Å². The molecule has 0 atom stereocenters. The van der Waals surface area contributed by atoms with Crippen LogP contribution in [0.5, 0.6) is 0 Å². The maximum absolute atomic E-state index is 8.63. The van der Waals surface area contributed by atoms with Gasteiger partial charge in [0.1, 0.15) is 5.69 Å². The highest BCUT2D eigenvalue weighted by Crippen LogP contribution is 2.18. The van der Waals surface area contributed by atoms with E-state index in [1.807, 2.05) is 6.07 Å². The maximum atomic E-state index is 8.63. The molecule has 0 saturated carbocycles. The van der Waals surface area contributed by atoms with Crippen molar-refractivity contribution < 1.29 is 10.3 Å². The predicted octanol–water partition coefficient (Wildman–Crippen LogP) is 0.651. The van der Waals surface area contributed by atoms with Crippen molar-refractivity contribution in [1.29, 1.82) is 0 Å². The average molecular weight is 227 g/mol. The number of aliphatic hydroxyl groups excluding tert-OH is 1. The van der Waals surface area contributed by atoms with Gasteiger partial charge in [0, 0.05) is 23.5 Å². The highest BCUT2D eigenvalue weighted by Gasteiger charge is 2.02. The van der Waals surface area contributed by atoms with Gasteiger partial charge in [0.05, 0.1) is 0 Å². The average Bonchev–Trinajstić information content (AvgIpc) is 2.29. The highest BCUT2D eigenvalue weighted by atomic mass is 32.2. The molecule has 15 heavy (non-hydrogen) atoms. The van der Waals surface area contributed by atoms with E-state index in [0.717, 1.165) is 17.1 Å². The van der Waals surface area contributed by atoms with E-state index in [-0.39, 0.29) is 12.4 Å². The molecule has 82 valence electrons. The molecule has 0 saturated heterocycles. The number of hydrogen-bond donors (Lipinski definition) is 3. The Bertz CT molecular complexity index is 344. The van der Waals surface area contributed by atoms with Crippen LogP contribution in [-0.2, 0) is 0 Å². The van der Waals surface area contributed by atoms with Gasteiger partial charge in [-0.3, -0.25) is 4.98 Å². The molecule has 5 nitrogen and oxygen atoms in total. The van der Waals surface area contributed by atoms with E-state index in [1.165, 1.54) is 0 Å². The third-order valence-electron chi connectivity index (χ3n) is 1.67. The summed E-state index contributed by atoms with van der Waals surface area (Å²) < 4.78 is 0. The second kappa shape index (κ2) is 6.26. The van der Waals surface area contributed by atoms with Crippen molar-refractivity contribution in [1.82, 2.24) is 4.98 Å². The first kappa shape index (κ1) is 11.8. The normalized spacial score (nSPS) is 11.7. The third-order valence-corrected chi connectivity index (χ3v) is 2.75. The Hall–Kier alpha value is -1.27. The lowest BCUT2D eigenvalue weighted by Gasteiger charge is -2.02. The SMILES string of the molecule is NC(=NO)c1cc(SCCCO)ccn1. The predicted molar refractivity (Wildman–Crippen MR) is 59.2 cm³/mol. The number of aromatic nitrogens is 1. The largest absolute Gasteiger partial charge is 0.409 e. The smallest absolute Gasteiger partial charge is 0.188 e. The van der Waals surface area contributed by atoms with Gasteiger partial charge < -0.3 is 16.0 Å². The molecule has 0 unspecified atom stereocenters. The number of pyridine rings is 1. The molecule has 0 aromatic carbocycles. The molecule has 0 fully saturated rings. The molecular formula is C9H13N3O2S. The van der Waals surface area contributed by atoms with E-state index >= 15 is 0 Å². The lowest BCUT2D eigenvalue weighted by Crippen LogP contribution is -2.14. The molecule has 1 rings (SSSR count). The van der Waals surface area contributed by atoms with Gasteiger partial charge in [-0.1, -0.05) is 5.16 Å². The molecule has 0 spiro atoms. The second-order valence-electron chi connectivity index (χ2n) is 2.79. The fourth-order valence-electron chi connectivity index (χ4n) is 0.947. The molecular weight excluding hydrogens is 214 g/mol. The molecule has 0 aliphatic heterocycles. The van der Waals surface area contributed by atoms with Crippen molar-refractivity contribution in [2.45, 2.75) is 11.3 Å². The standard InChI is InChI=1S/C9H13N3O2S/c10-9(12-14)8-6-7(2-3-11-8)15-5-1-4-13/h2-3,6,13-14H,1,4-5H2,(H2,10,12). The van der Waals surface area contributed by atoms with Gasteiger partial charge in [-0.15, -0.1) is 11.8 Å². The van der Waals surface area contributed by atoms with Crippen LogP contribution in [0.2, 0.25) is 0 Å². The molecule has 0 amide bonds. The molecule has 6 heteroatoms. The lowest BCUT2D eigenvalue weighted by molar-refractivity contribution is 0.296. The quantitative estimate of drug-likeness (QED) is 0.171. The van der Waals surface area contributed by atoms with Crippen LogP contribution in [0.4, 0.5) is 0 Å². The van der Waals surface area contributed by atoms with E-state index in [9.17, 15) is 0 Å². The summed E-state index contributed by atoms with van der Waals surface area (Å²) in [6, 6.07) is 3.59. The summed E-state index contributed by atoms with van der Waals surface area (Å²) in [4.78, 5) is 4.95. The Morgan fingerprint density at radius 1 is 1.60 bits per heavy atom. The van der Waals surface area contributed by atoms with Crippen LogP contribution in [0.3, 0.4) is 0 Å². The molecule has 0 aliphatic rings. The van der Waals surface area contributed by atoms with E-state index in [4.69, 9.17) is 16.0 Å². The third kappa shape index (κ3) is 3.77. The first-order valence-corrected chi connectivity index (χ1v) is 5.44. The topological polar surface area (TPSA) is 91.7 Å². The number of thioether (sulfide) groups is 1. The Balaban J connectivity index is 2.66. The zero-order chi connectivity index (χ0) is 11.1. The Kier molecular flexibility index (Phi) is 4.92. The summed E-state index contributed by atoms with van der Waals surface area (Å²) in [6.45, 7) is 0.186. The molecule has 1 heterocycles. The minimum absolute atomic E-state index is 0.000363. The van der Waals surface area contributed by atoms with Crippen LogP contribution < -0.4 is 5.73 Å². The number of hydrogen-bond acceptors (Lipinski definition) is 5. The van der Waals surface area contributed by atoms with Gasteiger partial charge in [-0.25, -0.2) is 0 Å². The number of aliphatic hydroxyl groups is 1. The molecule has 4 N–H and O–H groups in total. The van der Waals surface area contributed by atoms with Crippen molar-refractivity contribution >= 4 is 17.6 Å². The van der Waals surface area contributed by atoms with Crippen molar-refractivity contribution in [3.63, 3.8) is 0 Å². The Morgan fingerprint density at radius 3 is 3.07 bits per heavy atom. The van der Waals surface area contributed by atoms with E-state index < -0.39 is 0 Å². The van der Waals surface area contributed by atoms with Gasteiger partial charge in [-0.2, -0.15) is 0 Å². The summed E-state index contributed by atoms with van der Waals surface area (Å²) in [5.74, 6) is 0.829. The van der Waals surface area contributed by atoms with Crippen LogP contribution in [0.25, 0.3) is 0 Å². The van der Waals surface area contributed by atoms with Gasteiger partial charge in [0.25, 0.3) is 0 Å². The van der Waals surface area contributed by atoms with Gasteiger partial charge >= 0.3 is 0 Å². The Morgan fingerprint density at radius 2 is 2.40 bits per heavy atom. The lowest BCUT2D eigenvalue weighted by atomic mass is 10.3. The van der Waals surface area contributed by atoms with E-state index in [0.29, 0.717) is 5.69 Å². The summed E-state index contributed by atoms with van der Waals surface area (Å²) >= 11 is 1.59. The fraction of sp³-hybridized carbons (Fsp3) is 0.333. The van der Waals surface area contributed by atoms with Crippen molar-refractivity contribution in [3.05, 3.63) is 24.0 Å². The fourth-order valence-corrected chi connectivity index (χ4v) is 1.81. The number of nitrogens with two attached hydrogens (primary N) is 1. The number of rotatable bonds is 5. The molecule has 0 radical (unpaired) electrons. The van der Waals surface area contributed by atoms with Crippen molar-refractivity contribution in [3.8, 4) is 0 Å². The van der Waals surface area contributed by atoms with E-state index in [2.05, 4.69) is 10.1 Å². The molecule has 0 bridgehead atoms. The molecule has 1 aromatic rings. The van der Waals surface area contributed by atoms with Crippen molar-refractivity contribution in [2.24, 2.45) is 10.9 Å². The van der Waals surface area contributed by atoms with Gasteiger partial charge in [0.15, 0.2) is 5.84 Å².